The highest BCUT2D eigenvalue weighted by Gasteiger charge is 2.36. The first-order valence-corrected chi connectivity index (χ1v) is 4.99. The second-order valence-electron chi connectivity index (χ2n) is 3.95. The number of rotatable bonds is 3. The predicted octanol–water partition coefficient (Wildman–Crippen LogP) is 2.51. The molecule has 0 aromatic heterocycles. The highest BCUT2D eigenvalue weighted by molar-refractivity contribution is 5.01. The van der Waals surface area contributed by atoms with Gasteiger partial charge in [-0.3, -0.25) is 0 Å². The third-order valence-electron chi connectivity index (χ3n) is 3.03. The second-order valence-corrected chi connectivity index (χ2v) is 3.95. The van der Waals surface area contributed by atoms with Crippen LogP contribution in [0, 0.1) is 18.3 Å². The zero-order valence-corrected chi connectivity index (χ0v) is 8.13. The van der Waals surface area contributed by atoms with Crippen LogP contribution in [0.4, 0.5) is 0 Å². The van der Waals surface area contributed by atoms with Crippen LogP contribution in [0.2, 0.25) is 0 Å². The van der Waals surface area contributed by atoms with E-state index in [2.05, 4.69) is 12.5 Å². The van der Waals surface area contributed by atoms with Crippen LogP contribution in [0.5, 0.6) is 0 Å². The van der Waals surface area contributed by atoms with E-state index in [0.29, 0.717) is 12.3 Å². The average Bonchev–Trinajstić information content (AvgIpc) is 2.10. The molecule has 1 rings (SSSR count). The average molecular weight is 178 g/mol. The van der Waals surface area contributed by atoms with Crippen LogP contribution in [-0.4, -0.2) is 10.7 Å². The maximum atomic E-state index is 10.3. The molecule has 0 radical (unpaired) electrons. The quantitative estimate of drug-likeness (QED) is 0.520. The van der Waals surface area contributed by atoms with Gasteiger partial charge in [-0.1, -0.05) is 18.9 Å². The molecule has 1 aliphatic carbocycles. The van der Waals surface area contributed by atoms with E-state index in [1.165, 1.54) is 6.42 Å². The summed E-state index contributed by atoms with van der Waals surface area (Å²) in [6, 6.07) is 0. The summed E-state index contributed by atoms with van der Waals surface area (Å²) in [6.07, 6.45) is 12.8. The molecule has 0 saturated heterocycles. The summed E-state index contributed by atoms with van der Waals surface area (Å²) in [7, 11) is 0. The number of hydrogen-bond donors (Lipinski definition) is 1. The first-order valence-electron chi connectivity index (χ1n) is 4.99. The lowest BCUT2D eigenvalue weighted by atomic mass is 9.72. The zero-order valence-electron chi connectivity index (χ0n) is 8.13. The fourth-order valence-electron chi connectivity index (χ4n) is 2.24. The molecule has 2 unspecified atom stereocenters. The third-order valence-corrected chi connectivity index (χ3v) is 3.03. The Morgan fingerprint density at radius 1 is 1.62 bits per heavy atom. The standard InChI is InChI=1S/C12H18O/c1-3-7-11-8-5-6-10-12(11,13)9-4-2/h2-3,11,13H,1,5-10H2. The molecular formula is C12H18O. The van der Waals surface area contributed by atoms with Gasteiger partial charge >= 0.3 is 0 Å². The van der Waals surface area contributed by atoms with Gasteiger partial charge in [0.05, 0.1) is 5.60 Å². The molecule has 1 saturated carbocycles. The van der Waals surface area contributed by atoms with Gasteiger partial charge in [0.1, 0.15) is 0 Å². The molecule has 2 atom stereocenters. The lowest BCUT2D eigenvalue weighted by molar-refractivity contribution is -0.0426. The molecule has 13 heavy (non-hydrogen) atoms. The van der Waals surface area contributed by atoms with Crippen molar-refractivity contribution in [3.05, 3.63) is 12.7 Å². The molecule has 0 aliphatic heterocycles. The van der Waals surface area contributed by atoms with Gasteiger partial charge in [0.2, 0.25) is 0 Å². The monoisotopic (exact) mass is 178 g/mol. The fourth-order valence-corrected chi connectivity index (χ4v) is 2.24. The highest BCUT2D eigenvalue weighted by atomic mass is 16.3. The number of terminal acetylenes is 1. The van der Waals surface area contributed by atoms with Crippen molar-refractivity contribution in [3.8, 4) is 12.3 Å². The molecule has 0 bridgehead atoms. The van der Waals surface area contributed by atoms with E-state index in [1.54, 1.807) is 0 Å². The number of aliphatic hydroxyl groups is 1. The molecule has 0 heterocycles. The van der Waals surface area contributed by atoms with Crippen molar-refractivity contribution in [2.24, 2.45) is 5.92 Å². The van der Waals surface area contributed by atoms with Gasteiger partial charge in [0.25, 0.3) is 0 Å². The van der Waals surface area contributed by atoms with Crippen LogP contribution < -0.4 is 0 Å². The van der Waals surface area contributed by atoms with Gasteiger partial charge in [0, 0.05) is 6.42 Å². The first kappa shape index (κ1) is 10.3. The molecule has 72 valence electrons. The van der Waals surface area contributed by atoms with Crippen LogP contribution in [0.3, 0.4) is 0 Å². The minimum Gasteiger partial charge on any atom is -0.389 e. The first-order chi connectivity index (χ1) is 6.23. The van der Waals surface area contributed by atoms with Crippen molar-refractivity contribution in [3.63, 3.8) is 0 Å². The topological polar surface area (TPSA) is 20.2 Å². The van der Waals surface area contributed by atoms with Crippen LogP contribution in [0.25, 0.3) is 0 Å². The molecule has 1 heteroatoms. The molecule has 1 N–H and O–H groups in total. The summed E-state index contributed by atoms with van der Waals surface area (Å²) in [5.74, 6) is 2.91. The molecule has 0 aromatic rings. The van der Waals surface area contributed by atoms with E-state index in [1.807, 2.05) is 6.08 Å². The highest BCUT2D eigenvalue weighted by Crippen LogP contribution is 2.38. The largest absolute Gasteiger partial charge is 0.389 e. The van der Waals surface area contributed by atoms with Crippen LogP contribution in [-0.2, 0) is 0 Å². The fraction of sp³-hybridized carbons (Fsp3) is 0.667. The summed E-state index contributed by atoms with van der Waals surface area (Å²) in [5, 5.41) is 10.3. The van der Waals surface area contributed by atoms with E-state index >= 15 is 0 Å². The van der Waals surface area contributed by atoms with Crippen LogP contribution in [0.1, 0.15) is 38.5 Å². The molecule has 0 spiro atoms. The minimum atomic E-state index is -0.610. The van der Waals surface area contributed by atoms with E-state index in [0.717, 1.165) is 25.7 Å². The molecule has 1 fully saturated rings. The van der Waals surface area contributed by atoms with Crippen LogP contribution >= 0.6 is 0 Å². The second kappa shape index (κ2) is 4.48. The Morgan fingerprint density at radius 2 is 2.38 bits per heavy atom. The lowest BCUT2D eigenvalue weighted by Crippen LogP contribution is -2.40. The van der Waals surface area contributed by atoms with Crippen LogP contribution in [0.15, 0.2) is 12.7 Å². The van der Waals surface area contributed by atoms with Crippen molar-refractivity contribution in [1.82, 2.24) is 0 Å². The minimum absolute atomic E-state index is 0.329. The van der Waals surface area contributed by atoms with Gasteiger partial charge in [-0.05, 0) is 25.2 Å². The summed E-state index contributed by atoms with van der Waals surface area (Å²) >= 11 is 0. The third kappa shape index (κ3) is 2.35. The van der Waals surface area contributed by atoms with E-state index in [-0.39, 0.29) is 0 Å². The Kier molecular flexibility index (Phi) is 3.57. The molecule has 1 nitrogen and oxygen atoms in total. The van der Waals surface area contributed by atoms with E-state index < -0.39 is 5.60 Å². The van der Waals surface area contributed by atoms with Gasteiger partial charge in [-0.15, -0.1) is 18.9 Å². The van der Waals surface area contributed by atoms with Gasteiger partial charge in [-0.25, -0.2) is 0 Å². The summed E-state index contributed by atoms with van der Waals surface area (Å²) in [6.45, 7) is 3.72. The normalized spacial score (nSPS) is 33.7. The maximum Gasteiger partial charge on any atom is 0.0787 e. The number of hydrogen-bond acceptors (Lipinski definition) is 1. The Balaban J connectivity index is 2.65. The smallest absolute Gasteiger partial charge is 0.0787 e. The SMILES string of the molecule is C#CCC1(O)CCCCC1CC=C. The summed E-state index contributed by atoms with van der Waals surface area (Å²) in [5.41, 5.74) is -0.610. The van der Waals surface area contributed by atoms with E-state index in [9.17, 15) is 5.11 Å². The molecule has 1 aliphatic rings. The Morgan fingerprint density at radius 3 is 3.00 bits per heavy atom. The van der Waals surface area contributed by atoms with Crippen molar-refractivity contribution in [1.29, 1.82) is 0 Å². The lowest BCUT2D eigenvalue weighted by Gasteiger charge is -2.38. The molecule has 0 amide bonds. The van der Waals surface area contributed by atoms with Crippen molar-refractivity contribution >= 4 is 0 Å². The Labute approximate surface area is 80.9 Å². The van der Waals surface area contributed by atoms with Gasteiger partial charge in [0.15, 0.2) is 0 Å². The van der Waals surface area contributed by atoms with Crippen molar-refractivity contribution in [2.75, 3.05) is 0 Å². The number of allylic oxidation sites excluding steroid dienone is 1. The summed E-state index contributed by atoms with van der Waals surface area (Å²) in [4.78, 5) is 0. The Bertz CT molecular complexity index is 214. The summed E-state index contributed by atoms with van der Waals surface area (Å²) < 4.78 is 0. The van der Waals surface area contributed by atoms with Crippen molar-refractivity contribution < 1.29 is 5.11 Å². The van der Waals surface area contributed by atoms with E-state index in [4.69, 9.17) is 6.42 Å². The van der Waals surface area contributed by atoms with Crippen molar-refractivity contribution in [2.45, 2.75) is 44.1 Å². The van der Waals surface area contributed by atoms with Gasteiger partial charge in [-0.2, -0.15) is 0 Å². The Hall–Kier alpha value is -0.740. The molecular weight excluding hydrogens is 160 g/mol. The maximum absolute atomic E-state index is 10.3. The van der Waals surface area contributed by atoms with Gasteiger partial charge < -0.3 is 5.11 Å². The molecule has 0 aromatic carbocycles. The zero-order chi connectivity index (χ0) is 9.73. The predicted molar refractivity (Wildman–Crippen MR) is 55.2 cm³/mol.